The van der Waals surface area contributed by atoms with Crippen molar-refractivity contribution in [2.45, 2.75) is 26.8 Å². The number of amides is 1. The molecule has 0 atom stereocenters. The van der Waals surface area contributed by atoms with Crippen molar-refractivity contribution in [3.63, 3.8) is 0 Å². The summed E-state index contributed by atoms with van der Waals surface area (Å²) >= 11 is 0. The van der Waals surface area contributed by atoms with Crippen LogP contribution in [0.4, 0.5) is 0 Å². The van der Waals surface area contributed by atoms with Crippen molar-refractivity contribution in [1.82, 2.24) is 24.8 Å². The maximum Gasteiger partial charge on any atom is 0.251 e. The van der Waals surface area contributed by atoms with Gasteiger partial charge in [0.25, 0.3) is 5.91 Å². The van der Waals surface area contributed by atoms with Crippen molar-refractivity contribution in [2.75, 3.05) is 6.54 Å². The number of rotatable bonds is 7. The quantitative estimate of drug-likeness (QED) is 0.320. The minimum atomic E-state index is -0.112. The second-order valence-electron chi connectivity index (χ2n) is 8.77. The van der Waals surface area contributed by atoms with Crippen LogP contribution in [0.25, 0.3) is 33.5 Å². The molecule has 0 saturated heterocycles. The lowest BCUT2D eigenvalue weighted by molar-refractivity contribution is 0.0953. The Morgan fingerprint density at radius 1 is 0.829 bits per heavy atom. The van der Waals surface area contributed by atoms with E-state index in [1.165, 1.54) is 11.1 Å². The van der Waals surface area contributed by atoms with Gasteiger partial charge in [0.15, 0.2) is 0 Å². The average Bonchev–Trinajstić information content (AvgIpc) is 3.40. The molecular formula is C29H27N5O. The predicted molar refractivity (Wildman–Crippen MR) is 139 cm³/mol. The zero-order valence-corrected chi connectivity index (χ0v) is 19.9. The lowest BCUT2D eigenvalue weighted by Crippen LogP contribution is -2.25. The molecule has 0 aliphatic heterocycles. The first-order valence-corrected chi connectivity index (χ1v) is 11.8. The Labute approximate surface area is 204 Å². The summed E-state index contributed by atoms with van der Waals surface area (Å²) in [5.74, 6) is -0.112. The summed E-state index contributed by atoms with van der Waals surface area (Å²) in [6.07, 6.45) is 6.28. The summed E-state index contributed by atoms with van der Waals surface area (Å²) in [6.45, 7) is 5.53. The van der Waals surface area contributed by atoms with E-state index in [1.807, 2.05) is 29.0 Å². The molecule has 0 saturated carbocycles. The summed E-state index contributed by atoms with van der Waals surface area (Å²) < 4.78 is 2.00. The fraction of sp³-hybridized carbons (Fsp3) is 0.172. The van der Waals surface area contributed by atoms with Crippen LogP contribution in [0.2, 0.25) is 0 Å². The van der Waals surface area contributed by atoms with Crippen LogP contribution in [0.15, 0.2) is 85.5 Å². The largest absolute Gasteiger partial charge is 0.352 e. The number of carbonyl (C=O) groups is 1. The lowest BCUT2D eigenvalue weighted by atomic mass is 10.0. The van der Waals surface area contributed by atoms with E-state index in [0.717, 1.165) is 41.0 Å². The zero-order valence-electron chi connectivity index (χ0n) is 19.9. The van der Waals surface area contributed by atoms with Crippen molar-refractivity contribution in [2.24, 2.45) is 0 Å². The van der Waals surface area contributed by atoms with E-state index in [0.29, 0.717) is 17.6 Å². The molecule has 0 spiro atoms. The Kier molecular flexibility index (Phi) is 6.35. The Hall–Kier alpha value is -4.32. The Morgan fingerprint density at radius 2 is 1.46 bits per heavy atom. The highest BCUT2D eigenvalue weighted by Crippen LogP contribution is 2.31. The molecular weight excluding hydrogens is 434 g/mol. The molecule has 2 heterocycles. The molecule has 1 N–H and O–H groups in total. The monoisotopic (exact) mass is 461 g/mol. The van der Waals surface area contributed by atoms with Crippen molar-refractivity contribution in [1.29, 1.82) is 0 Å². The molecule has 2 aromatic heterocycles. The summed E-state index contributed by atoms with van der Waals surface area (Å²) in [6, 6.07) is 22.1. The van der Waals surface area contributed by atoms with Gasteiger partial charge in [0.1, 0.15) is 0 Å². The van der Waals surface area contributed by atoms with Crippen LogP contribution in [0.3, 0.4) is 0 Å². The first kappa shape index (κ1) is 22.5. The normalized spacial score (nSPS) is 11.0. The van der Waals surface area contributed by atoms with Gasteiger partial charge in [0.2, 0.25) is 0 Å². The molecule has 5 aromatic rings. The molecule has 5 rings (SSSR count). The molecule has 6 nitrogen and oxygen atoms in total. The lowest BCUT2D eigenvalue weighted by Gasteiger charge is -2.12. The number of hydrogen-bond donors (Lipinski definition) is 1. The van der Waals surface area contributed by atoms with Gasteiger partial charge in [-0.15, -0.1) is 0 Å². The second kappa shape index (κ2) is 9.89. The van der Waals surface area contributed by atoms with E-state index < -0.39 is 0 Å². The van der Waals surface area contributed by atoms with Gasteiger partial charge in [-0.25, -0.2) is 15.0 Å². The number of carbonyl (C=O) groups excluding carboxylic acids is 1. The molecule has 174 valence electrons. The van der Waals surface area contributed by atoms with Crippen molar-refractivity contribution >= 4 is 16.9 Å². The van der Waals surface area contributed by atoms with Gasteiger partial charge in [-0.2, -0.15) is 0 Å². The molecule has 0 radical (unpaired) electrons. The summed E-state index contributed by atoms with van der Waals surface area (Å²) in [4.78, 5) is 26.8. The van der Waals surface area contributed by atoms with E-state index >= 15 is 0 Å². The fourth-order valence-corrected chi connectivity index (χ4v) is 4.01. The van der Waals surface area contributed by atoms with Crippen LogP contribution in [-0.2, 0) is 6.54 Å². The maximum absolute atomic E-state index is 12.8. The molecule has 0 fully saturated rings. The first-order valence-electron chi connectivity index (χ1n) is 11.8. The van der Waals surface area contributed by atoms with Gasteiger partial charge in [-0.3, -0.25) is 4.79 Å². The van der Waals surface area contributed by atoms with Crippen LogP contribution in [0.5, 0.6) is 0 Å². The van der Waals surface area contributed by atoms with Crippen LogP contribution in [0.1, 0.15) is 27.9 Å². The van der Waals surface area contributed by atoms with E-state index in [2.05, 4.69) is 72.7 Å². The highest BCUT2D eigenvalue weighted by molar-refractivity contribution is 5.98. The topological polar surface area (TPSA) is 72.7 Å². The van der Waals surface area contributed by atoms with Crippen LogP contribution < -0.4 is 5.32 Å². The Bertz CT molecular complexity index is 1460. The van der Waals surface area contributed by atoms with E-state index in [-0.39, 0.29) is 5.91 Å². The SMILES string of the molecule is Cc1ccc(-c2nc3ccc(C(=O)NCCCn4ccnc4)cc3nc2-c2ccc(C)cc2)cc1. The number of hydrogen-bond acceptors (Lipinski definition) is 4. The van der Waals surface area contributed by atoms with Crippen molar-refractivity contribution in [3.8, 4) is 22.5 Å². The van der Waals surface area contributed by atoms with Crippen molar-refractivity contribution in [3.05, 3.63) is 102 Å². The third kappa shape index (κ3) is 5.11. The number of aromatic nitrogens is 4. The molecule has 0 aliphatic carbocycles. The Morgan fingerprint density at radius 3 is 2.06 bits per heavy atom. The third-order valence-corrected chi connectivity index (χ3v) is 6.01. The summed E-state index contributed by atoms with van der Waals surface area (Å²) in [5.41, 5.74) is 8.06. The second-order valence-corrected chi connectivity index (χ2v) is 8.77. The molecule has 1 amide bonds. The highest BCUT2D eigenvalue weighted by atomic mass is 16.1. The standard InChI is InChI=1S/C29H27N5O/c1-20-4-8-22(9-5-20)27-28(23-10-6-21(2)7-11-23)33-26-18-24(12-13-25(26)32-27)29(35)31-14-3-16-34-17-15-30-19-34/h4-13,15,17-19H,3,14,16H2,1-2H3,(H,31,35). The van der Waals surface area contributed by atoms with Crippen molar-refractivity contribution < 1.29 is 4.79 Å². The molecule has 0 bridgehead atoms. The molecule has 35 heavy (non-hydrogen) atoms. The molecule has 6 heteroatoms. The van der Waals surface area contributed by atoms with Gasteiger partial charge in [0, 0.05) is 42.2 Å². The first-order chi connectivity index (χ1) is 17.1. The average molecular weight is 462 g/mol. The minimum absolute atomic E-state index is 0.112. The number of aryl methyl sites for hydroxylation is 3. The van der Waals surface area contributed by atoms with Gasteiger partial charge < -0.3 is 9.88 Å². The number of nitrogens with one attached hydrogen (secondary N) is 1. The van der Waals surface area contributed by atoms with Crippen LogP contribution in [0, 0.1) is 13.8 Å². The number of benzene rings is 3. The molecule has 3 aromatic carbocycles. The smallest absolute Gasteiger partial charge is 0.251 e. The maximum atomic E-state index is 12.8. The van der Waals surface area contributed by atoms with Crippen LogP contribution in [-0.4, -0.2) is 32.0 Å². The highest BCUT2D eigenvalue weighted by Gasteiger charge is 2.15. The van der Waals surface area contributed by atoms with Gasteiger partial charge in [-0.1, -0.05) is 59.7 Å². The number of fused-ring (bicyclic) bond motifs is 1. The summed E-state index contributed by atoms with van der Waals surface area (Å²) in [7, 11) is 0. The molecule has 0 unspecified atom stereocenters. The Balaban J connectivity index is 1.45. The van der Waals surface area contributed by atoms with Gasteiger partial charge in [-0.05, 0) is 38.5 Å². The predicted octanol–water partition coefficient (Wildman–Crippen LogP) is 5.60. The number of imidazole rings is 1. The van der Waals surface area contributed by atoms with Gasteiger partial charge in [0.05, 0.1) is 28.7 Å². The van der Waals surface area contributed by atoms with Gasteiger partial charge >= 0.3 is 0 Å². The third-order valence-electron chi connectivity index (χ3n) is 6.01. The number of nitrogens with zero attached hydrogens (tertiary/aromatic N) is 4. The minimum Gasteiger partial charge on any atom is -0.352 e. The van der Waals surface area contributed by atoms with Crippen LogP contribution >= 0.6 is 0 Å². The zero-order chi connectivity index (χ0) is 24.2. The molecule has 0 aliphatic rings. The van der Waals surface area contributed by atoms with E-state index in [9.17, 15) is 4.79 Å². The fourth-order valence-electron chi connectivity index (χ4n) is 4.01. The van der Waals surface area contributed by atoms with E-state index in [1.54, 1.807) is 12.5 Å². The summed E-state index contributed by atoms with van der Waals surface area (Å²) in [5, 5.41) is 3.00. The van der Waals surface area contributed by atoms with E-state index in [4.69, 9.17) is 9.97 Å².